The van der Waals surface area contributed by atoms with Crippen LogP contribution in [0.15, 0.2) is 0 Å². The molecule has 3 rings (SSSR count). The Morgan fingerprint density at radius 1 is 1.12 bits per heavy atom. The molecule has 0 bridgehead atoms. The lowest BCUT2D eigenvalue weighted by Gasteiger charge is -2.39. The van der Waals surface area contributed by atoms with Gasteiger partial charge in [-0.1, -0.05) is 6.42 Å². The van der Waals surface area contributed by atoms with Crippen molar-refractivity contribution in [3.05, 3.63) is 0 Å². The number of piperidine rings is 1. The Morgan fingerprint density at radius 3 is 2.71 bits per heavy atom. The van der Waals surface area contributed by atoms with Gasteiger partial charge in [0.05, 0.1) is 6.61 Å². The SMILES string of the molecule is OCC(CN1CCCC2CCCC21)NC1CC1. The second kappa shape index (κ2) is 5.25. The fraction of sp³-hybridized carbons (Fsp3) is 1.00. The molecule has 2 aliphatic carbocycles. The van der Waals surface area contributed by atoms with E-state index in [2.05, 4.69) is 10.2 Å². The van der Waals surface area contributed by atoms with Crippen LogP contribution in [-0.2, 0) is 0 Å². The molecule has 2 saturated carbocycles. The Balaban J connectivity index is 1.54. The normalized spacial score (nSPS) is 35.8. The number of hydrogen-bond donors (Lipinski definition) is 2. The molecule has 0 radical (unpaired) electrons. The molecule has 2 N–H and O–H groups in total. The van der Waals surface area contributed by atoms with E-state index in [9.17, 15) is 5.11 Å². The van der Waals surface area contributed by atoms with Gasteiger partial charge in [0, 0.05) is 24.7 Å². The average Bonchev–Trinajstić information content (AvgIpc) is 3.03. The standard InChI is InChI=1S/C14H26N2O/c17-10-13(15-12-6-7-12)9-16-8-2-4-11-3-1-5-14(11)16/h11-15,17H,1-10H2. The molecule has 98 valence electrons. The zero-order valence-corrected chi connectivity index (χ0v) is 10.8. The topological polar surface area (TPSA) is 35.5 Å². The Bertz CT molecular complexity index is 255. The van der Waals surface area contributed by atoms with Crippen molar-refractivity contribution < 1.29 is 5.11 Å². The molecule has 0 aromatic heterocycles. The number of fused-ring (bicyclic) bond motifs is 1. The molecular weight excluding hydrogens is 212 g/mol. The second-order valence-corrected chi connectivity index (χ2v) is 6.22. The maximum Gasteiger partial charge on any atom is 0.0597 e. The smallest absolute Gasteiger partial charge is 0.0597 e. The fourth-order valence-corrected chi connectivity index (χ4v) is 3.81. The highest BCUT2D eigenvalue weighted by Gasteiger charge is 2.36. The molecular formula is C14H26N2O. The summed E-state index contributed by atoms with van der Waals surface area (Å²) < 4.78 is 0. The third kappa shape index (κ3) is 2.83. The first-order valence-electron chi connectivity index (χ1n) is 7.48. The number of hydrogen-bond acceptors (Lipinski definition) is 3. The number of rotatable bonds is 5. The van der Waals surface area contributed by atoms with Crippen LogP contribution in [0, 0.1) is 5.92 Å². The Kier molecular flexibility index (Phi) is 3.69. The first-order valence-corrected chi connectivity index (χ1v) is 7.48. The quantitative estimate of drug-likeness (QED) is 0.759. The summed E-state index contributed by atoms with van der Waals surface area (Å²) in [4.78, 5) is 2.66. The van der Waals surface area contributed by atoms with Crippen LogP contribution < -0.4 is 5.32 Å². The van der Waals surface area contributed by atoms with E-state index in [1.807, 2.05) is 0 Å². The van der Waals surface area contributed by atoms with Gasteiger partial charge in [-0.15, -0.1) is 0 Å². The first-order chi connectivity index (χ1) is 8.36. The molecule has 3 atom stereocenters. The minimum absolute atomic E-state index is 0.296. The van der Waals surface area contributed by atoms with Crippen molar-refractivity contribution in [3.8, 4) is 0 Å². The summed E-state index contributed by atoms with van der Waals surface area (Å²) in [5.74, 6) is 0.962. The highest BCUT2D eigenvalue weighted by molar-refractivity contribution is 4.92. The van der Waals surface area contributed by atoms with Crippen molar-refractivity contribution in [1.29, 1.82) is 0 Å². The highest BCUT2D eigenvalue weighted by atomic mass is 16.3. The average molecular weight is 238 g/mol. The van der Waals surface area contributed by atoms with Gasteiger partial charge >= 0.3 is 0 Å². The van der Waals surface area contributed by atoms with Crippen molar-refractivity contribution in [3.63, 3.8) is 0 Å². The molecule has 1 aliphatic heterocycles. The molecule has 3 heteroatoms. The second-order valence-electron chi connectivity index (χ2n) is 6.22. The van der Waals surface area contributed by atoms with Gasteiger partial charge in [-0.25, -0.2) is 0 Å². The third-order valence-corrected chi connectivity index (χ3v) is 4.83. The lowest BCUT2D eigenvalue weighted by atomic mass is 9.91. The Labute approximate surface area is 105 Å². The van der Waals surface area contributed by atoms with Gasteiger partial charge in [-0.2, -0.15) is 0 Å². The van der Waals surface area contributed by atoms with Gasteiger partial charge in [0.2, 0.25) is 0 Å². The molecule has 0 spiro atoms. The van der Waals surface area contributed by atoms with Crippen LogP contribution in [0.3, 0.4) is 0 Å². The van der Waals surface area contributed by atoms with Crippen molar-refractivity contribution in [2.45, 2.75) is 63.1 Å². The number of nitrogens with zero attached hydrogens (tertiary/aromatic N) is 1. The van der Waals surface area contributed by atoms with Crippen LogP contribution in [0.1, 0.15) is 44.9 Å². The molecule has 3 unspecified atom stereocenters. The molecule has 1 heterocycles. The molecule has 3 nitrogen and oxygen atoms in total. The van der Waals surface area contributed by atoms with E-state index in [1.54, 1.807) is 0 Å². The van der Waals surface area contributed by atoms with E-state index in [-0.39, 0.29) is 0 Å². The summed E-state index contributed by atoms with van der Waals surface area (Å²) in [7, 11) is 0. The largest absolute Gasteiger partial charge is 0.395 e. The molecule has 0 aromatic rings. The summed E-state index contributed by atoms with van der Waals surface area (Å²) in [6, 6.07) is 1.84. The van der Waals surface area contributed by atoms with Gasteiger partial charge in [0.25, 0.3) is 0 Å². The van der Waals surface area contributed by atoms with Gasteiger partial charge in [0.1, 0.15) is 0 Å². The van der Waals surface area contributed by atoms with Gasteiger partial charge in [-0.05, 0) is 51.0 Å². The number of aliphatic hydroxyl groups excluding tert-OH is 1. The number of likely N-dealkylation sites (tertiary alicyclic amines) is 1. The lowest BCUT2D eigenvalue weighted by molar-refractivity contribution is 0.0877. The van der Waals surface area contributed by atoms with Crippen molar-refractivity contribution >= 4 is 0 Å². The van der Waals surface area contributed by atoms with E-state index in [0.717, 1.165) is 18.5 Å². The van der Waals surface area contributed by atoms with Gasteiger partial charge in [0.15, 0.2) is 0 Å². The molecule has 0 amide bonds. The number of nitrogens with one attached hydrogen (secondary N) is 1. The minimum atomic E-state index is 0.296. The Hall–Kier alpha value is -0.120. The fourth-order valence-electron chi connectivity index (χ4n) is 3.81. The summed E-state index contributed by atoms with van der Waals surface area (Å²) >= 11 is 0. The first kappa shape index (κ1) is 11.9. The summed E-state index contributed by atoms with van der Waals surface area (Å²) in [5, 5.41) is 13.1. The van der Waals surface area contributed by atoms with Crippen LogP contribution in [0.25, 0.3) is 0 Å². The van der Waals surface area contributed by atoms with E-state index in [1.165, 1.54) is 51.5 Å². The van der Waals surface area contributed by atoms with E-state index in [4.69, 9.17) is 0 Å². The minimum Gasteiger partial charge on any atom is -0.395 e. The van der Waals surface area contributed by atoms with Crippen LogP contribution >= 0.6 is 0 Å². The predicted octanol–water partition coefficient (Wildman–Crippen LogP) is 1.36. The van der Waals surface area contributed by atoms with Crippen LogP contribution in [0.4, 0.5) is 0 Å². The van der Waals surface area contributed by atoms with Crippen LogP contribution in [-0.4, -0.2) is 47.8 Å². The Morgan fingerprint density at radius 2 is 1.94 bits per heavy atom. The number of aliphatic hydroxyl groups is 1. The van der Waals surface area contributed by atoms with Crippen molar-refractivity contribution in [1.82, 2.24) is 10.2 Å². The van der Waals surface area contributed by atoms with Gasteiger partial charge < -0.3 is 10.4 Å². The molecule has 3 fully saturated rings. The zero-order chi connectivity index (χ0) is 11.7. The lowest BCUT2D eigenvalue weighted by Crippen LogP contribution is -2.50. The van der Waals surface area contributed by atoms with Crippen molar-refractivity contribution in [2.75, 3.05) is 19.7 Å². The van der Waals surface area contributed by atoms with E-state index < -0.39 is 0 Å². The third-order valence-electron chi connectivity index (χ3n) is 4.83. The summed E-state index contributed by atoms with van der Waals surface area (Å²) in [6.07, 6.45) is 9.69. The van der Waals surface area contributed by atoms with E-state index in [0.29, 0.717) is 18.7 Å². The zero-order valence-electron chi connectivity index (χ0n) is 10.8. The molecule has 3 aliphatic rings. The van der Waals surface area contributed by atoms with E-state index >= 15 is 0 Å². The summed E-state index contributed by atoms with van der Waals surface area (Å²) in [5.41, 5.74) is 0. The molecule has 0 aromatic carbocycles. The molecule has 1 saturated heterocycles. The van der Waals surface area contributed by atoms with Crippen LogP contribution in [0.5, 0.6) is 0 Å². The predicted molar refractivity (Wildman–Crippen MR) is 69.0 cm³/mol. The molecule has 17 heavy (non-hydrogen) atoms. The maximum absolute atomic E-state index is 9.48. The maximum atomic E-state index is 9.48. The van der Waals surface area contributed by atoms with Gasteiger partial charge in [-0.3, -0.25) is 4.90 Å². The summed E-state index contributed by atoms with van der Waals surface area (Å²) in [6.45, 7) is 2.61. The highest BCUT2D eigenvalue weighted by Crippen LogP contribution is 2.36. The van der Waals surface area contributed by atoms with Crippen LogP contribution in [0.2, 0.25) is 0 Å². The monoisotopic (exact) mass is 238 g/mol. The van der Waals surface area contributed by atoms with Crippen molar-refractivity contribution in [2.24, 2.45) is 5.92 Å².